The summed E-state index contributed by atoms with van der Waals surface area (Å²) in [4.78, 5) is 10.9. The third-order valence-electron chi connectivity index (χ3n) is 4.33. The maximum Gasteiger partial charge on any atom is 0.143 e. The van der Waals surface area contributed by atoms with Crippen molar-refractivity contribution in [1.29, 1.82) is 0 Å². The summed E-state index contributed by atoms with van der Waals surface area (Å²) in [5.74, 6) is 0. The van der Waals surface area contributed by atoms with Gasteiger partial charge < -0.3 is 0 Å². The summed E-state index contributed by atoms with van der Waals surface area (Å²) in [6.07, 6.45) is 10.5. The lowest BCUT2D eigenvalue weighted by molar-refractivity contribution is -0.104. The number of hydrogen-bond acceptors (Lipinski definition) is 1. The second kappa shape index (κ2) is 6.71. The minimum absolute atomic E-state index is 0.224. The normalized spacial score (nSPS) is 19.1. The highest BCUT2D eigenvalue weighted by Gasteiger charge is 2.26. The van der Waals surface area contributed by atoms with Gasteiger partial charge in [0.15, 0.2) is 0 Å². The molecule has 0 radical (unpaired) electrons. The van der Waals surface area contributed by atoms with Gasteiger partial charge in [-0.15, -0.1) is 0 Å². The lowest BCUT2D eigenvalue weighted by Gasteiger charge is -2.33. The Balaban J connectivity index is 2.33. The Morgan fingerprint density at radius 3 is 2.52 bits per heavy atom. The van der Waals surface area contributed by atoms with Crippen molar-refractivity contribution in [2.45, 2.75) is 40.0 Å². The van der Waals surface area contributed by atoms with Gasteiger partial charge in [0.1, 0.15) is 6.29 Å². The highest BCUT2D eigenvalue weighted by Crippen LogP contribution is 2.41. The van der Waals surface area contributed by atoms with E-state index in [1.807, 2.05) is 30.3 Å². The van der Waals surface area contributed by atoms with E-state index in [9.17, 15) is 4.79 Å². The van der Waals surface area contributed by atoms with Crippen LogP contribution in [-0.2, 0) is 4.79 Å². The number of benzene rings is 1. The molecule has 0 fully saturated rings. The van der Waals surface area contributed by atoms with E-state index in [-0.39, 0.29) is 5.41 Å². The molecule has 0 bridgehead atoms. The number of allylic oxidation sites excluding steroid dienone is 6. The molecule has 21 heavy (non-hydrogen) atoms. The summed E-state index contributed by atoms with van der Waals surface area (Å²) >= 11 is 0. The van der Waals surface area contributed by atoms with Crippen molar-refractivity contribution >= 4 is 11.9 Å². The molecule has 1 aromatic rings. The van der Waals surface area contributed by atoms with Crippen molar-refractivity contribution in [1.82, 2.24) is 0 Å². The van der Waals surface area contributed by atoms with E-state index in [1.165, 1.54) is 30.4 Å². The van der Waals surface area contributed by atoms with Gasteiger partial charge >= 0.3 is 0 Å². The zero-order valence-corrected chi connectivity index (χ0v) is 13.2. The molecular formula is C20H24O. The summed E-state index contributed by atoms with van der Waals surface area (Å²) in [6.45, 7) is 6.84. The molecule has 1 aliphatic rings. The molecular weight excluding hydrogens is 256 g/mol. The molecule has 0 N–H and O–H groups in total. The van der Waals surface area contributed by atoms with Crippen LogP contribution in [0, 0.1) is 5.41 Å². The highest BCUT2D eigenvalue weighted by atomic mass is 16.1. The van der Waals surface area contributed by atoms with Crippen LogP contribution in [0.1, 0.15) is 45.6 Å². The van der Waals surface area contributed by atoms with Crippen LogP contribution in [0.2, 0.25) is 0 Å². The SMILES string of the molecule is CC1=C(/C=C/C(=C\C=O)c2ccccc2)C(C)(C)CCC1. The predicted molar refractivity (Wildman–Crippen MR) is 90.0 cm³/mol. The van der Waals surface area contributed by atoms with Gasteiger partial charge in [-0.1, -0.05) is 61.9 Å². The quantitative estimate of drug-likeness (QED) is 0.412. The highest BCUT2D eigenvalue weighted by molar-refractivity contribution is 5.86. The first kappa shape index (κ1) is 15.5. The number of aldehydes is 1. The van der Waals surface area contributed by atoms with Gasteiger partial charge in [-0.25, -0.2) is 0 Å². The molecule has 0 saturated heterocycles. The van der Waals surface area contributed by atoms with Gasteiger partial charge in [0.2, 0.25) is 0 Å². The Morgan fingerprint density at radius 1 is 1.19 bits per heavy atom. The second-order valence-corrected chi connectivity index (χ2v) is 6.39. The van der Waals surface area contributed by atoms with Crippen molar-refractivity contribution < 1.29 is 4.79 Å². The summed E-state index contributed by atoms with van der Waals surface area (Å²) in [5.41, 5.74) is 5.16. The van der Waals surface area contributed by atoms with Gasteiger partial charge in [-0.2, -0.15) is 0 Å². The van der Waals surface area contributed by atoms with E-state index < -0.39 is 0 Å². The lowest BCUT2D eigenvalue weighted by atomic mass is 9.72. The molecule has 110 valence electrons. The van der Waals surface area contributed by atoms with Gasteiger partial charge in [0.25, 0.3) is 0 Å². The summed E-state index contributed by atoms with van der Waals surface area (Å²) in [5, 5.41) is 0. The number of hydrogen-bond donors (Lipinski definition) is 0. The first-order valence-corrected chi connectivity index (χ1v) is 7.64. The summed E-state index contributed by atoms with van der Waals surface area (Å²) in [6, 6.07) is 10.1. The van der Waals surface area contributed by atoms with Crippen molar-refractivity contribution in [3.63, 3.8) is 0 Å². The monoisotopic (exact) mass is 280 g/mol. The van der Waals surface area contributed by atoms with Crippen molar-refractivity contribution in [2.24, 2.45) is 5.41 Å². The fraction of sp³-hybridized carbons (Fsp3) is 0.350. The first-order valence-electron chi connectivity index (χ1n) is 7.64. The van der Waals surface area contributed by atoms with E-state index in [4.69, 9.17) is 0 Å². The molecule has 0 heterocycles. The van der Waals surface area contributed by atoms with Crippen molar-refractivity contribution in [3.8, 4) is 0 Å². The maximum absolute atomic E-state index is 10.9. The Morgan fingerprint density at radius 2 is 1.90 bits per heavy atom. The fourth-order valence-electron chi connectivity index (χ4n) is 3.14. The Kier molecular flexibility index (Phi) is 4.95. The average molecular weight is 280 g/mol. The molecule has 0 atom stereocenters. The van der Waals surface area contributed by atoms with E-state index >= 15 is 0 Å². The Bertz CT molecular complexity index is 586. The number of carbonyl (C=O) groups is 1. The molecule has 1 nitrogen and oxygen atoms in total. The largest absolute Gasteiger partial charge is 0.299 e. The Hall–Kier alpha value is -1.89. The second-order valence-electron chi connectivity index (χ2n) is 6.39. The van der Waals surface area contributed by atoms with Crippen LogP contribution in [0.25, 0.3) is 5.57 Å². The van der Waals surface area contributed by atoms with E-state index in [0.717, 1.165) is 17.4 Å². The third kappa shape index (κ3) is 3.81. The van der Waals surface area contributed by atoms with E-state index in [2.05, 4.69) is 32.9 Å². The van der Waals surface area contributed by atoms with Crippen molar-refractivity contribution in [2.75, 3.05) is 0 Å². The van der Waals surface area contributed by atoms with Crippen LogP contribution in [-0.4, -0.2) is 6.29 Å². The van der Waals surface area contributed by atoms with Gasteiger partial charge in [-0.3, -0.25) is 4.79 Å². The molecule has 2 rings (SSSR count). The minimum atomic E-state index is 0.224. The van der Waals surface area contributed by atoms with E-state index in [0.29, 0.717) is 0 Å². The van der Waals surface area contributed by atoms with Gasteiger partial charge in [0.05, 0.1) is 0 Å². The summed E-state index contributed by atoms with van der Waals surface area (Å²) < 4.78 is 0. The summed E-state index contributed by atoms with van der Waals surface area (Å²) in [7, 11) is 0. The molecule has 1 aliphatic carbocycles. The Labute approximate surface area is 128 Å². The topological polar surface area (TPSA) is 17.1 Å². The molecule has 0 aliphatic heterocycles. The smallest absolute Gasteiger partial charge is 0.143 e. The number of carbonyl (C=O) groups excluding carboxylic acids is 1. The van der Waals surface area contributed by atoms with Crippen LogP contribution < -0.4 is 0 Å². The minimum Gasteiger partial charge on any atom is -0.299 e. The number of rotatable bonds is 4. The van der Waals surface area contributed by atoms with Crippen LogP contribution >= 0.6 is 0 Å². The zero-order chi connectivity index (χ0) is 15.3. The molecule has 1 heteroatoms. The maximum atomic E-state index is 10.9. The molecule has 0 saturated carbocycles. The van der Waals surface area contributed by atoms with Crippen molar-refractivity contribution in [3.05, 3.63) is 65.3 Å². The molecule has 0 aromatic heterocycles. The fourth-order valence-corrected chi connectivity index (χ4v) is 3.14. The van der Waals surface area contributed by atoms with Crippen LogP contribution in [0.3, 0.4) is 0 Å². The average Bonchev–Trinajstić information content (AvgIpc) is 2.46. The van der Waals surface area contributed by atoms with Gasteiger partial charge in [-0.05, 0) is 54.4 Å². The molecule has 0 amide bonds. The molecule has 0 spiro atoms. The predicted octanol–water partition coefficient (Wildman–Crippen LogP) is 5.35. The zero-order valence-electron chi connectivity index (χ0n) is 13.2. The lowest BCUT2D eigenvalue weighted by Crippen LogP contribution is -2.19. The first-order chi connectivity index (χ1) is 10.0. The van der Waals surface area contributed by atoms with Crippen LogP contribution in [0.5, 0.6) is 0 Å². The van der Waals surface area contributed by atoms with Gasteiger partial charge in [0, 0.05) is 0 Å². The third-order valence-corrected chi connectivity index (χ3v) is 4.33. The van der Waals surface area contributed by atoms with Crippen LogP contribution in [0.15, 0.2) is 59.7 Å². The van der Waals surface area contributed by atoms with E-state index in [1.54, 1.807) is 6.08 Å². The molecule has 1 aromatic carbocycles. The van der Waals surface area contributed by atoms with Crippen LogP contribution in [0.4, 0.5) is 0 Å². The molecule has 0 unspecified atom stereocenters. The standard InChI is InChI=1S/C20H24O/c1-16-8-7-14-20(2,3)19(16)12-11-18(13-15-21)17-9-5-4-6-10-17/h4-6,9-13,15H,7-8,14H2,1-3H3/b12-11+,18-13+.